The fourth-order valence-corrected chi connectivity index (χ4v) is 2.86. The Hall–Kier alpha value is -1.16. The molecule has 96 valence electrons. The van der Waals surface area contributed by atoms with Crippen LogP contribution in [0.1, 0.15) is 28.5 Å². The molecule has 0 saturated heterocycles. The zero-order valence-electron chi connectivity index (χ0n) is 10.6. The van der Waals surface area contributed by atoms with Gasteiger partial charge >= 0.3 is 0 Å². The molecule has 0 bridgehead atoms. The fourth-order valence-electron chi connectivity index (χ4n) is 2.00. The Morgan fingerprint density at radius 1 is 1.22 bits per heavy atom. The smallest absolute Gasteiger partial charge is 0.0449 e. The van der Waals surface area contributed by atoms with E-state index in [-0.39, 0.29) is 12.6 Å². The molecular formula is C15H19NOS. The van der Waals surface area contributed by atoms with Gasteiger partial charge in [-0.3, -0.25) is 0 Å². The van der Waals surface area contributed by atoms with E-state index in [9.17, 15) is 5.11 Å². The van der Waals surface area contributed by atoms with Crippen LogP contribution < -0.4 is 5.32 Å². The Morgan fingerprint density at radius 3 is 2.61 bits per heavy atom. The van der Waals surface area contributed by atoms with Gasteiger partial charge in [0.25, 0.3) is 0 Å². The molecule has 0 spiro atoms. The monoisotopic (exact) mass is 261 g/mol. The quantitative estimate of drug-likeness (QED) is 0.836. The van der Waals surface area contributed by atoms with Gasteiger partial charge in [0.1, 0.15) is 0 Å². The van der Waals surface area contributed by atoms with Gasteiger partial charge < -0.3 is 10.4 Å². The maximum absolute atomic E-state index is 9.17. The number of aliphatic hydroxyl groups is 1. The standard InChI is InChI=1S/C15H19NOS/c1-12-8-10-18-15(12)11-16-14(7-9-17)13-5-3-2-4-6-13/h2-6,8,10,14,16-17H,7,9,11H2,1H3/t14-/m1/s1. The highest BCUT2D eigenvalue weighted by Crippen LogP contribution is 2.20. The van der Waals surface area contributed by atoms with Gasteiger partial charge in [0.15, 0.2) is 0 Å². The highest BCUT2D eigenvalue weighted by Gasteiger charge is 2.10. The molecule has 0 amide bonds. The molecule has 1 heterocycles. The lowest BCUT2D eigenvalue weighted by Gasteiger charge is -2.18. The van der Waals surface area contributed by atoms with Crippen molar-refractivity contribution in [1.82, 2.24) is 5.32 Å². The number of nitrogens with one attached hydrogen (secondary N) is 1. The molecule has 2 aromatic rings. The first-order chi connectivity index (χ1) is 8.81. The largest absolute Gasteiger partial charge is 0.396 e. The zero-order chi connectivity index (χ0) is 12.8. The third-order valence-electron chi connectivity index (χ3n) is 3.10. The summed E-state index contributed by atoms with van der Waals surface area (Å²) in [4.78, 5) is 1.37. The molecule has 2 N–H and O–H groups in total. The highest BCUT2D eigenvalue weighted by atomic mass is 32.1. The summed E-state index contributed by atoms with van der Waals surface area (Å²) in [5.74, 6) is 0. The lowest BCUT2D eigenvalue weighted by molar-refractivity contribution is 0.265. The third kappa shape index (κ3) is 3.42. The summed E-state index contributed by atoms with van der Waals surface area (Å²) in [7, 11) is 0. The molecular weight excluding hydrogens is 242 g/mol. The minimum atomic E-state index is 0.204. The van der Waals surface area contributed by atoms with Gasteiger partial charge in [0.05, 0.1) is 0 Å². The minimum Gasteiger partial charge on any atom is -0.396 e. The van der Waals surface area contributed by atoms with E-state index in [1.165, 1.54) is 16.0 Å². The van der Waals surface area contributed by atoms with Crippen LogP contribution in [0.4, 0.5) is 0 Å². The Bertz CT molecular complexity index is 466. The van der Waals surface area contributed by atoms with Crippen LogP contribution in [0, 0.1) is 6.92 Å². The van der Waals surface area contributed by atoms with Crippen molar-refractivity contribution >= 4 is 11.3 Å². The average molecular weight is 261 g/mol. The molecule has 0 aliphatic carbocycles. The number of hydrogen-bond donors (Lipinski definition) is 2. The molecule has 0 unspecified atom stereocenters. The first-order valence-corrected chi connectivity index (χ1v) is 7.11. The number of aliphatic hydroxyl groups excluding tert-OH is 1. The predicted molar refractivity (Wildman–Crippen MR) is 76.8 cm³/mol. The summed E-state index contributed by atoms with van der Waals surface area (Å²) >= 11 is 1.78. The summed E-state index contributed by atoms with van der Waals surface area (Å²) in [5.41, 5.74) is 2.57. The van der Waals surface area contributed by atoms with Crippen LogP contribution in [0.15, 0.2) is 41.8 Å². The summed E-state index contributed by atoms with van der Waals surface area (Å²) in [6, 6.07) is 12.7. The molecule has 0 aliphatic rings. The van der Waals surface area contributed by atoms with Crippen molar-refractivity contribution in [2.75, 3.05) is 6.61 Å². The molecule has 3 heteroatoms. The van der Waals surface area contributed by atoms with E-state index >= 15 is 0 Å². The van der Waals surface area contributed by atoms with Gasteiger partial charge in [-0.1, -0.05) is 30.3 Å². The molecule has 0 saturated carbocycles. The number of hydrogen-bond acceptors (Lipinski definition) is 3. The number of aryl methyl sites for hydroxylation is 1. The van der Waals surface area contributed by atoms with E-state index in [1.54, 1.807) is 11.3 Å². The highest BCUT2D eigenvalue weighted by molar-refractivity contribution is 7.10. The Morgan fingerprint density at radius 2 is 2.00 bits per heavy atom. The SMILES string of the molecule is Cc1ccsc1CN[C@H](CCO)c1ccccc1. The maximum Gasteiger partial charge on any atom is 0.0449 e. The van der Waals surface area contributed by atoms with Crippen LogP contribution in [0.5, 0.6) is 0 Å². The van der Waals surface area contributed by atoms with Gasteiger partial charge in [0.2, 0.25) is 0 Å². The van der Waals surface area contributed by atoms with Gasteiger partial charge in [-0.2, -0.15) is 0 Å². The number of rotatable bonds is 6. The van der Waals surface area contributed by atoms with Crippen molar-refractivity contribution < 1.29 is 5.11 Å². The van der Waals surface area contributed by atoms with Crippen LogP contribution >= 0.6 is 11.3 Å². The van der Waals surface area contributed by atoms with Crippen molar-refractivity contribution in [3.8, 4) is 0 Å². The first-order valence-electron chi connectivity index (χ1n) is 6.23. The van der Waals surface area contributed by atoms with Crippen LogP contribution in [0.3, 0.4) is 0 Å². The Labute approximate surface area is 112 Å². The second-order valence-electron chi connectivity index (χ2n) is 4.38. The van der Waals surface area contributed by atoms with Crippen molar-refractivity contribution in [3.05, 3.63) is 57.8 Å². The van der Waals surface area contributed by atoms with E-state index < -0.39 is 0 Å². The molecule has 0 radical (unpaired) electrons. The van der Waals surface area contributed by atoms with Crippen LogP contribution in [0.2, 0.25) is 0 Å². The van der Waals surface area contributed by atoms with Crippen molar-refractivity contribution in [2.45, 2.75) is 25.9 Å². The topological polar surface area (TPSA) is 32.3 Å². The number of thiophene rings is 1. The molecule has 1 aromatic heterocycles. The van der Waals surface area contributed by atoms with Gasteiger partial charge in [-0.25, -0.2) is 0 Å². The fraction of sp³-hybridized carbons (Fsp3) is 0.333. The van der Waals surface area contributed by atoms with Crippen LogP contribution in [0.25, 0.3) is 0 Å². The second-order valence-corrected chi connectivity index (χ2v) is 5.38. The van der Waals surface area contributed by atoms with Crippen molar-refractivity contribution in [3.63, 3.8) is 0 Å². The zero-order valence-corrected chi connectivity index (χ0v) is 11.4. The molecule has 0 aliphatic heterocycles. The summed E-state index contributed by atoms with van der Waals surface area (Å²) in [6.45, 7) is 3.20. The molecule has 0 fully saturated rings. The normalized spacial score (nSPS) is 12.6. The van der Waals surface area contributed by atoms with Gasteiger partial charge in [0, 0.05) is 24.1 Å². The minimum absolute atomic E-state index is 0.204. The number of benzene rings is 1. The second kappa shape index (κ2) is 6.69. The maximum atomic E-state index is 9.17. The van der Waals surface area contributed by atoms with E-state index in [0.717, 1.165) is 13.0 Å². The molecule has 2 rings (SSSR count). The molecule has 1 aromatic carbocycles. The lowest BCUT2D eigenvalue weighted by Crippen LogP contribution is -2.21. The van der Waals surface area contributed by atoms with E-state index in [4.69, 9.17) is 0 Å². The summed E-state index contributed by atoms with van der Waals surface area (Å²) in [5, 5.41) is 14.8. The Kier molecular flexibility index (Phi) is 4.93. The predicted octanol–water partition coefficient (Wildman–Crippen LogP) is 3.27. The summed E-state index contributed by atoms with van der Waals surface area (Å²) < 4.78 is 0. The molecule has 1 atom stereocenters. The van der Waals surface area contributed by atoms with Gasteiger partial charge in [-0.15, -0.1) is 11.3 Å². The summed E-state index contributed by atoms with van der Waals surface area (Å²) in [6.07, 6.45) is 0.744. The van der Waals surface area contributed by atoms with Crippen LogP contribution in [-0.2, 0) is 6.54 Å². The van der Waals surface area contributed by atoms with E-state index in [0.29, 0.717) is 0 Å². The lowest BCUT2D eigenvalue weighted by atomic mass is 10.0. The van der Waals surface area contributed by atoms with Gasteiger partial charge in [-0.05, 0) is 35.9 Å². The van der Waals surface area contributed by atoms with E-state index in [2.05, 4.69) is 35.8 Å². The third-order valence-corrected chi connectivity index (χ3v) is 4.12. The molecule has 18 heavy (non-hydrogen) atoms. The van der Waals surface area contributed by atoms with E-state index in [1.807, 2.05) is 18.2 Å². The Balaban J connectivity index is 2.01. The van der Waals surface area contributed by atoms with Crippen molar-refractivity contribution in [2.24, 2.45) is 0 Å². The van der Waals surface area contributed by atoms with Crippen LogP contribution in [-0.4, -0.2) is 11.7 Å². The van der Waals surface area contributed by atoms with Crippen molar-refractivity contribution in [1.29, 1.82) is 0 Å². The first kappa shape index (κ1) is 13.3. The molecule has 2 nitrogen and oxygen atoms in total. The average Bonchev–Trinajstić information content (AvgIpc) is 2.81.